The van der Waals surface area contributed by atoms with Gasteiger partial charge in [-0.05, 0) is 166 Å². The van der Waals surface area contributed by atoms with Crippen LogP contribution in [0.3, 0.4) is 0 Å². The van der Waals surface area contributed by atoms with Gasteiger partial charge >= 0.3 is 0 Å². The number of rotatable bonds is 11. The Morgan fingerprint density at radius 2 is 0.474 bits per heavy atom. The minimum absolute atomic E-state index is 0.523. The summed E-state index contributed by atoms with van der Waals surface area (Å²) in [7, 11) is 0. The van der Waals surface area contributed by atoms with Crippen molar-refractivity contribution in [3.05, 3.63) is 339 Å². The van der Waals surface area contributed by atoms with E-state index < -0.39 is 0 Å². The third-order valence-corrected chi connectivity index (χ3v) is 19.0. The Hall–Kier alpha value is -12.5. The van der Waals surface area contributed by atoms with Crippen LogP contribution in [-0.2, 0) is 0 Å². The lowest BCUT2D eigenvalue weighted by Gasteiger charge is -2.14. The van der Waals surface area contributed by atoms with E-state index in [1.165, 1.54) is 66.1 Å². The maximum absolute atomic E-state index is 5.54. The second-order valence-electron chi connectivity index (χ2n) is 25.0. The van der Waals surface area contributed by atoms with Gasteiger partial charge in [-0.3, -0.25) is 4.57 Å². The number of aromatic nitrogens is 6. The number of benzene rings is 14. The molecule has 4 aromatic heterocycles. The maximum atomic E-state index is 5.54. The predicted molar refractivity (Wildman–Crippen MR) is 396 cm³/mol. The molecule has 0 spiro atoms. The minimum Gasteiger partial charge on any atom is -0.309 e. The first-order valence-corrected chi connectivity index (χ1v) is 32.5. The van der Waals surface area contributed by atoms with Gasteiger partial charge in [0.15, 0.2) is 11.6 Å². The van der Waals surface area contributed by atoms with Crippen LogP contribution < -0.4 is 0 Å². The summed E-state index contributed by atoms with van der Waals surface area (Å²) in [5.41, 5.74) is 26.5. The Labute approximate surface area is 550 Å². The summed E-state index contributed by atoms with van der Waals surface area (Å²) in [6.45, 7) is 4.22. The average molecular weight is 1210 g/mol. The summed E-state index contributed by atoms with van der Waals surface area (Å²) >= 11 is 0. The largest absolute Gasteiger partial charge is 0.309 e. The fourth-order valence-electron chi connectivity index (χ4n) is 14.3. The highest BCUT2D eigenvalue weighted by atomic mass is 15.2. The number of nitrogens with zero attached hydrogens (tertiary/aromatic N) is 6. The third-order valence-electron chi connectivity index (χ3n) is 19.0. The molecule has 0 unspecified atom stereocenters. The van der Waals surface area contributed by atoms with Gasteiger partial charge < -0.3 is 9.13 Å². The van der Waals surface area contributed by atoms with Crippen LogP contribution in [0.15, 0.2) is 328 Å². The molecule has 0 fully saturated rings. The molecule has 0 aliphatic carbocycles. The van der Waals surface area contributed by atoms with Crippen molar-refractivity contribution in [2.75, 3.05) is 0 Å². The zero-order valence-corrected chi connectivity index (χ0v) is 52.4. The molecule has 0 saturated carbocycles. The standard InChI is InChI=1S/C89H60N6/c1-57-31-35-63(36-32-57)87-90-88(64-37-33-58(2)34-38-64)92-89(91-87)95-85-55-73(93-81-29-17-15-27-75(81)77-43-39-65(53-83(77)93)71-49-67(59-19-7-3-8-20-59)47-68(50-71)60-21-9-4-10-22-60)41-45-79(85)80-46-42-74(56-86(80)95)94-82-30-18-16-28-76(82)78-44-40-66(54-84(78)94)72-51-69(61-23-11-5-12-24-61)48-70(52-72)62-25-13-6-14-26-62/h3-56H,1-2H3. The molecule has 0 radical (unpaired) electrons. The van der Waals surface area contributed by atoms with Crippen LogP contribution in [0, 0.1) is 13.8 Å². The van der Waals surface area contributed by atoms with Crippen molar-refractivity contribution >= 4 is 65.4 Å². The summed E-state index contributed by atoms with van der Waals surface area (Å²) < 4.78 is 7.17. The van der Waals surface area contributed by atoms with Crippen LogP contribution in [0.1, 0.15) is 11.1 Å². The first-order valence-electron chi connectivity index (χ1n) is 32.5. The monoisotopic (exact) mass is 1210 g/mol. The molecule has 0 N–H and O–H groups in total. The van der Waals surface area contributed by atoms with Crippen molar-refractivity contribution in [3.8, 4) is 107 Å². The molecule has 0 saturated heterocycles. The second-order valence-corrected chi connectivity index (χ2v) is 25.0. The SMILES string of the molecule is Cc1ccc(-c2nc(-c3ccc(C)cc3)nc(-n3c4cc(-n5c6ccccc6c6ccc(-c7cc(-c8ccccc8)cc(-c8ccccc8)c7)cc65)ccc4c4ccc(-n5c6ccccc6c6ccc(-c7cc(-c8ccccc8)cc(-c8ccccc8)c7)cc65)cc43)n2)cc1. The van der Waals surface area contributed by atoms with Gasteiger partial charge in [0.1, 0.15) is 0 Å². The van der Waals surface area contributed by atoms with Crippen molar-refractivity contribution in [2.24, 2.45) is 0 Å². The molecule has 95 heavy (non-hydrogen) atoms. The van der Waals surface area contributed by atoms with Crippen molar-refractivity contribution in [3.63, 3.8) is 0 Å². The summed E-state index contributed by atoms with van der Waals surface area (Å²) in [5.74, 6) is 1.71. The number of para-hydroxylation sites is 2. The highest BCUT2D eigenvalue weighted by molar-refractivity contribution is 6.14. The zero-order valence-electron chi connectivity index (χ0n) is 52.4. The Morgan fingerprint density at radius 1 is 0.189 bits per heavy atom. The van der Waals surface area contributed by atoms with Crippen LogP contribution in [-0.4, -0.2) is 28.7 Å². The molecule has 0 aliphatic heterocycles. The number of hydrogen-bond donors (Lipinski definition) is 0. The van der Waals surface area contributed by atoms with Crippen LogP contribution in [0.2, 0.25) is 0 Å². The molecule has 18 rings (SSSR count). The van der Waals surface area contributed by atoms with Gasteiger partial charge in [-0.1, -0.05) is 254 Å². The molecule has 446 valence electrons. The fourth-order valence-corrected chi connectivity index (χ4v) is 14.3. The molecule has 4 heterocycles. The van der Waals surface area contributed by atoms with E-state index in [1.54, 1.807) is 0 Å². The quantitative estimate of drug-likeness (QED) is 0.130. The lowest BCUT2D eigenvalue weighted by Crippen LogP contribution is -2.07. The highest BCUT2D eigenvalue weighted by Gasteiger charge is 2.23. The third kappa shape index (κ3) is 9.78. The lowest BCUT2D eigenvalue weighted by atomic mass is 9.93. The number of fused-ring (bicyclic) bond motifs is 9. The molecule has 0 amide bonds. The van der Waals surface area contributed by atoms with E-state index in [-0.39, 0.29) is 0 Å². The van der Waals surface area contributed by atoms with Crippen molar-refractivity contribution < 1.29 is 0 Å². The van der Waals surface area contributed by atoms with Gasteiger partial charge in [-0.25, -0.2) is 4.98 Å². The summed E-state index contributed by atoms with van der Waals surface area (Å²) in [6, 6.07) is 119. The number of hydrogen-bond acceptors (Lipinski definition) is 3. The topological polar surface area (TPSA) is 53.5 Å². The normalized spacial score (nSPS) is 11.7. The van der Waals surface area contributed by atoms with E-state index in [2.05, 4.69) is 355 Å². The van der Waals surface area contributed by atoms with Crippen LogP contribution >= 0.6 is 0 Å². The Morgan fingerprint density at radius 3 is 0.832 bits per heavy atom. The van der Waals surface area contributed by atoms with Crippen molar-refractivity contribution in [1.29, 1.82) is 0 Å². The van der Waals surface area contributed by atoms with Crippen molar-refractivity contribution in [2.45, 2.75) is 13.8 Å². The molecule has 6 heteroatoms. The predicted octanol–water partition coefficient (Wildman–Crippen LogP) is 23.1. The maximum Gasteiger partial charge on any atom is 0.238 e. The smallest absolute Gasteiger partial charge is 0.238 e. The van der Waals surface area contributed by atoms with E-state index in [0.717, 1.165) is 99.8 Å². The van der Waals surface area contributed by atoms with E-state index >= 15 is 0 Å². The Kier molecular flexibility index (Phi) is 13.2. The Bertz CT molecular complexity index is 5520. The molecule has 6 nitrogen and oxygen atoms in total. The van der Waals surface area contributed by atoms with Gasteiger partial charge in [0.25, 0.3) is 0 Å². The lowest BCUT2D eigenvalue weighted by molar-refractivity contribution is 0.952. The summed E-state index contributed by atoms with van der Waals surface area (Å²) in [6.07, 6.45) is 0. The molecule has 0 bridgehead atoms. The van der Waals surface area contributed by atoms with Crippen molar-refractivity contribution in [1.82, 2.24) is 28.7 Å². The van der Waals surface area contributed by atoms with E-state index in [0.29, 0.717) is 17.6 Å². The van der Waals surface area contributed by atoms with Gasteiger partial charge in [-0.15, -0.1) is 0 Å². The molecule has 0 aliphatic rings. The molecule has 0 atom stereocenters. The second kappa shape index (κ2) is 22.7. The first-order chi connectivity index (χ1) is 46.9. The summed E-state index contributed by atoms with van der Waals surface area (Å²) in [5, 5.41) is 6.87. The van der Waals surface area contributed by atoms with Crippen LogP contribution in [0.4, 0.5) is 0 Å². The van der Waals surface area contributed by atoms with E-state index in [4.69, 9.17) is 15.0 Å². The zero-order chi connectivity index (χ0) is 63.1. The summed E-state index contributed by atoms with van der Waals surface area (Å²) in [4.78, 5) is 16.3. The first kappa shape index (κ1) is 55.3. The van der Waals surface area contributed by atoms with Crippen LogP contribution in [0.5, 0.6) is 0 Å². The highest BCUT2D eigenvalue weighted by Crippen LogP contribution is 2.43. The molecular formula is C89H60N6. The van der Waals surface area contributed by atoms with Gasteiger partial charge in [-0.2, -0.15) is 9.97 Å². The molecular weight excluding hydrogens is 1150 g/mol. The fraction of sp³-hybridized carbons (Fsp3) is 0.0225. The number of aryl methyl sites for hydroxylation is 2. The average Bonchev–Trinajstić information content (AvgIpc) is 1.57. The minimum atomic E-state index is 0.523. The van der Waals surface area contributed by atoms with Gasteiger partial charge in [0.2, 0.25) is 5.95 Å². The van der Waals surface area contributed by atoms with Gasteiger partial charge in [0, 0.05) is 54.8 Å². The van der Waals surface area contributed by atoms with E-state index in [1.807, 2.05) is 0 Å². The Balaban J connectivity index is 0.875. The van der Waals surface area contributed by atoms with Gasteiger partial charge in [0.05, 0.1) is 33.1 Å². The molecule has 14 aromatic carbocycles. The van der Waals surface area contributed by atoms with Crippen LogP contribution in [0.25, 0.3) is 172 Å². The van der Waals surface area contributed by atoms with E-state index in [9.17, 15) is 0 Å². The molecule has 18 aromatic rings.